The van der Waals surface area contributed by atoms with E-state index in [0.29, 0.717) is 32.4 Å². The molecule has 3 heterocycles. The van der Waals surface area contributed by atoms with Crippen molar-refractivity contribution >= 4 is 23.2 Å². The van der Waals surface area contributed by atoms with E-state index in [1.807, 2.05) is 58.8 Å². The van der Waals surface area contributed by atoms with Crippen LogP contribution < -0.4 is 5.32 Å². The van der Waals surface area contributed by atoms with Crippen LogP contribution in [-0.2, 0) is 16.0 Å². The molecule has 1 N–H and O–H groups in total. The van der Waals surface area contributed by atoms with Crippen molar-refractivity contribution in [3.8, 4) is 0 Å². The highest BCUT2D eigenvalue weighted by atomic mass is 32.1. The van der Waals surface area contributed by atoms with Crippen molar-refractivity contribution in [3.63, 3.8) is 0 Å². The van der Waals surface area contributed by atoms with Gasteiger partial charge in [0.2, 0.25) is 11.8 Å². The second-order valence-electron chi connectivity index (χ2n) is 7.85. The molecule has 1 saturated heterocycles. The van der Waals surface area contributed by atoms with Gasteiger partial charge in [-0.05, 0) is 48.4 Å². The van der Waals surface area contributed by atoms with Crippen molar-refractivity contribution in [1.29, 1.82) is 0 Å². The van der Waals surface area contributed by atoms with Gasteiger partial charge in [0, 0.05) is 36.5 Å². The highest BCUT2D eigenvalue weighted by Crippen LogP contribution is 2.26. The summed E-state index contributed by atoms with van der Waals surface area (Å²) in [4.78, 5) is 33.0. The number of benzene rings is 1. The molecular formula is C25H27N3O2S. The zero-order valence-corrected chi connectivity index (χ0v) is 18.3. The summed E-state index contributed by atoms with van der Waals surface area (Å²) in [7, 11) is 0. The van der Waals surface area contributed by atoms with Crippen LogP contribution in [-0.4, -0.2) is 34.8 Å². The summed E-state index contributed by atoms with van der Waals surface area (Å²) in [5.74, 6) is 0.137. The molecule has 0 saturated carbocycles. The normalized spacial score (nSPS) is 15.4. The maximum Gasteiger partial charge on any atom is 0.224 e. The van der Waals surface area contributed by atoms with E-state index in [1.54, 1.807) is 17.5 Å². The predicted molar refractivity (Wildman–Crippen MR) is 123 cm³/mol. The Bertz CT molecular complexity index is 969. The number of carbonyl (C=O) groups excluding carboxylic acids is 2. The third kappa shape index (κ3) is 5.58. The van der Waals surface area contributed by atoms with Crippen molar-refractivity contribution in [3.05, 3.63) is 88.4 Å². The van der Waals surface area contributed by atoms with Gasteiger partial charge in [-0.1, -0.05) is 42.5 Å². The summed E-state index contributed by atoms with van der Waals surface area (Å²) in [6.45, 7) is 1.28. The molecule has 4 rings (SSSR count). The number of rotatable bonds is 7. The van der Waals surface area contributed by atoms with Gasteiger partial charge in [-0.15, -0.1) is 11.3 Å². The molecule has 2 aromatic heterocycles. The SMILES string of the molecule is O=C(NC(c1ccccn1)c1cccs1)C1CCN(C(=O)CCc2ccccc2)CC1. The average Bonchev–Trinajstić information content (AvgIpc) is 3.37. The maximum absolute atomic E-state index is 13.0. The molecule has 2 amide bonds. The quantitative estimate of drug-likeness (QED) is 0.607. The van der Waals surface area contributed by atoms with Crippen LogP contribution in [0.2, 0.25) is 0 Å². The Morgan fingerprint density at radius 2 is 1.81 bits per heavy atom. The smallest absolute Gasteiger partial charge is 0.224 e. The van der Waals surface area contributed by atoms with Gasteiger partial charge < -0.3 is 10.2 Å². The average molecular weight is 434 g/mol. The Kier molecular flexibility index (Phi) is 7.10. The first kappa shape index (κ1) is 21.2. The zero-order chi connectivity index (χ0) is 21.5. The van der Waals surface area contributed by atoms with Gasteiger partial charge in [0.1, 0.15) is 6.04 Å². The fourth-order valence-electron chi connectivity index (χ4n) is 4.00. The number of nitrogens with one attached hydrogen (secondary N) is 1. The van der Waals surface area contributed by atoms with Crippen LogP contribution >= 0.6 is 11.3 Å². The molecule has 0 bridgehead atoms. The number of thiophene rings is 1. The summed E-state index contributed by atoms with van der Waals surface area (Å²) in [6, 6.07) is 19.6. The van der Waals surface area contributed by atoms with Gasteiger partial charge in [0.05, 0.1) is 5.69 Å². The Morgan fingerprint density at radius 3 is 2.48 bits per heavy atom. The van der Waals surface area contributed by atoms with Crippen LogP contribution in [0.25, 0.3) is 0 Å². The lowest BCUT2D eigenvalue weighted by Crippen LogP contribution is -2.44. The largest absolute Gasteiger partial charge is 0.343 e. The Balaban J connectivity index is 1.31. The van der Waals surface area contributed by atoms with E-state index in [2.05, 4.69) is 22.4 Å². The number of amides is 2. The molecule has 1 unspecified atom stereocenters. The number of aryl methyl sites for hydroxylation is 1. The number of carbonyl (C=O) groups is 2. The molecule has 0 spiro atoms. The van der Waals surface area contributed by atoms with E-state index in [9.17, 15) is 9.59 Å². The van der Waals surface area contributed by atoms with Crippen molar-refractivity contribution in [2.24, 2.45) is 5.92 Å². The molecule has 31 heavy (non-hydrogen) atoms. The van der Waals surface area contributed by atoms with Gasteiger partial charge in [0.25, 0.3) is 0 Å². The number of nitrogens with zero attached hydrogens (tertiary/aromatic N) is 2. The lowest BCUT2D eigenvalue weighted by atomic mass is 9.94. The fraction of sp³-hybridized carbons (Fsp3) is 0.320. The van der Waals surface area contributed by atoms with Gasteiger partial charge in [0.15, 0.2) is 0 Å². The van der Waals surface area contributed by atoms with Crippen LogP contribution in [0.1, 0.15) is 41.4 Å². The molecule has 3 aromatic rings. The zero-order valence-electron chi connectivity index (χ0n) is 17.4. The molecule has 6 heteroatoms. The molecule has 0 aliphatic carbocycles. The Hall–Kier alpha value is -2.99. The van der Waals surface area contributed by atoms with Crippen LogP contribution in [0.15, 0.2) is 72.2 Å². The first-order chi connectivity index (χ1) is 15.2. The number of aromatic nitrogens is 1. The molecule has 1 fully saturated rings. The second kappa shape index (κ2) is 10.4. The third-order valence-electron chi connectivity index (χ3n) is 5.79. The minimum Gasteiger partial charge on any atom is -0.343 e. The first-order valence-corrected chi connectivity index (χ1v) is 11.6. The lowest BCUT2D eigenvalue weighted by molar-refractivity contribution is -0.135. The van der Waals surface area contributed by atoms with Crippen LogP contribution in [0.5, 0.6) is 0 Å². The van der Waals surface area contributed by atoms with Crippen molar-refractivity contribution < 1.29 is 9.59 Å². The van der Waals surface area contributed by atoms with E-state index in [0.717, 1.165) is 17.0 Å². The Labute approximate surface area is 187 Å². The van der Waals surface area contributed by atoms with Gasteiger partial charge in [-0.25, -0.2) is 0 Å². The van der Waals surface area contributed by atoms with E-state index in [4.69, 9.17) is 0 Å². The highest BCUT2D eigenvalue weighted by molar-refractivity contribution is 7.10. The van der Waals surface area contributed by atoms with Crippen molar-refractivity contribution in [2.45, 2.75) is 31.7 Å². The van der Waals surface area contributed by atoms with Gasteiger partial charge >= 0.3 is 0 Å². The molecule has 1 aliphatic rings. The predicted octanol–water partition coefficient (Wildman–Crippen LogP) is 4.22. The van der Waals surface area contributed by atoms with Crippen molar-refractivity contribution in [2.75, 3.05) is 13.1 Å². The van der Waals surface area contributed by atoms with E-state index in [-0.39, 0.29) is 23.8 Å². The van der Waals surface area contributed by atoms with Crippen LogP contribution in [0.3, 0.4) is 0 Å². The molecule has 0 radical (unpaired) electrons. The fourth-order valence-corrected chi connectivity index (χ4v) is 4.79. The van der Waals surface area contributed by atoms with Crippen LogP contribution in [0, 0.1) is 5.92 Å². The standard InChI is InChI=1S/C25H27N3O2S/c29-23(12-11-19-7-2-1-3-8-19)28-16-13-20(14-17-28)25(30)27-24(22-10-6-18-31-22)21-9-4-5-15-26-21/h1-10,15,18,20,24H,11-14,16-17H2,(H,27,30). The minimum atomic E-state index is -0.237. The molecule has 5 nitrogen and oxygen atoms in total. The van der Waals surface area contributed by atoms with Gasteiger partial charge in [-0.2, -0.15) is 0 Å². The topological polar surface area (TPSA) is 62.3 Å². The minimum absolute atomic E-state index is 0.0421. The summed E-state index contributed by atoms with van der Waals surface area (Å²) >= 11 is 1.61. The molecule has 160 valence electrons. The van der Waals surface area contributed by atoms with Crippen molar-refractivity contribution in [1.82, 2.24) is 15.2 Å². The summed E-state index contributed by atoms with van der Waals surface area (Å²) < 4.78 is 0. The maximum atomic E-state index is 13.0. The molecular weight excluding hydrogens is 406 g/mol. The third-order valence-corrected chi connectivity index (χ3v) is 6.72. The molecule has 1 aliphatic heterocycles. The Morgan fingerprint density at radius 1 is 1.03 bits per heavy atom. The second-order valence-corrected chi connectivity index (χ2v) is 8.83. The monoisotopic (exact) mass is 433 g/mol. The van der Waals surface area contributed by atoms with Crippen LogP contribution in [0.4, 0.5) is 0 Å². The van der Waals surface area contributed by atoms with E-state index in [1.165, 1.54) is 5.56 Å². The summed E-state index contributed by atoms with van der Waals surface area (Å²) in [6.07, 6.45) is 4.42. The summed E-state index contributed by atoms with van der Waals surface area (Å²) in [5, 5.41) is 5.21. The van der Waals surface area contributed by atoms with E-state index >= 15 is 0 Å². The first-order valence-electron chi connectivity index (χ1n) is 10.8. The van der Waals surface area contributed by atoms with Gasteiger partial charge in [-0.3, -0.25) is 14.6 Å². The molecule has 1 atom stereocenters. The van der Waals surface area contributed by atoms with E-state index < -0.39 is 0 Å². The number of hydrogen-bond donors (Lipinski definition) is 1. The number of pyridine rings is 1. The lowest BCUT2D eigenvalue weighted by Gasteiger charge is -2.32. The molecule has 1 aromatic carbocycles. The number of likely N-dealkylation sites (tertiary alicyclic amines) is 1. The number of piperidine rings is 1. The summed E-state index contributed by atoms with van der Waals surface area (Å²) in [5.41, 5.74) is 2.02. The highest BCUT2D eigenvalue weighted by Gasteiger charge is 2.29. The number of hydrogen-bond acceptors (Lipinski definition) is 4.